The molecule has 2 aromatic carbocycles. The average molecular weight is 395 g/mol. The lowest BCUT2D eigenvalue weighted by atomic mass is 10.1. The van der Waals surface area contributed by atoms with E-state index in [4.69, 9.17) is 4.74 Å². The highest BCUT2D eigenvalue weighted by atomic mass is 32.1. The summed E-state index contributed by atoms with van der Waals surface area (Å²) in [4.78, 5) is 17.3. The monoisotopic (exact) mass is 394 g/mol. The van der Waals surface area contributed by atoms with E-state index < -0.39 is 0 Å². The van der Waals surface area contributed by atoms with E-state index in [1.807, 2.05) is 50.2 Å². The number of thiazole rings is 1. The predicted molar refractivity (Wildman–Crippen MR) is 114 cm³/mol. The molecule has 146 valence electrons. The van der Waals surface area contributed by atoms with Crippen molar-refractivity contribution in [3.63, 3.8) is 0 Å². The van der Waals surface area contributed by atoms with Gasteiger partial charge in [0.25, 0.3) is 5.91 Å². The number of nitrogens with one attached hydrogen (secondary N) is 1. The Hall–Kier alpha value is -2.66. The quantitative estimate of drug-likeness (QED) is 0.523. The number of unbranched alkanes of at least 4 members (excludes halogenated alkanes) is 1. The summed E-state index contributed by atoms with van der Waals surface area (Å²) in [5.74, 6) is 1.54. The van der Waals surface area contributed by atoms with Crippen molar-refractivity contribution in [1.29, 1.82) is 0 Å². The number of nitrogens with zero attached hydrogens (tertiary/aromatic N) is 1. The van der Waals surface area contributed by atoms with E-state index in [1.165, 1.54) is 29.7 Å². The molecule has 28 heavy (non-hydrogen) atoms. The van der Waals surface area contributed by atoms with Crippen LogP contribution in [0.4, 0.5) is 0 Å². The topological polar surface area (TPSA) is 51.2 Å². The van der Waals surface area contributed by atoms with Crippen LogP contribution in [0.3, 0.4) is 0 Å². The number of aromatic nitrogens is 1. The van der Waals surface area contributed by atoms with Gasteiger partial charge < -0.3 is 10.1 Å². The molecule has 0 aliphatic carbocycles. The van der Waals surface area contributed by atoms with Gasteiger partial charge in [0.1, 0.15) is 16.4 Å². The van der Waals surface area contributed by atoms with E-state index in [0.29, 0.717) is 11.4 Å². The summed E-state index contributed by atoms with van der Waals surface area (Å²) in [6.45, 7) is 6.45. The van der Waals surface area contributed by atoms with Gasteiger partial charge in [0.05, 0.1) is 10.7 Å². The SMILES string of the molecule is CCCCc1ccc(Oc2ccc(CNC(=O)c3sc(C)nc3C)cc2)cc1. The maximum absolute atomic E-state index is 12.3. The highest BCUT2D eigenvalue weighted by Crippen LogP contribution is 2.23. The van der Waals surface area contributed by atoms with Crippen LogP contribution in [-0.2, 0) is 13.0 Å². The number of hydrogen-bond acceptors (Lipinski definition) is 4. The minimum atomic E-state index is -0.0772. The normalized spacial score (nSPS) is 10.7. The molecule has 1 N–H and O–H groups in total. The number of rotatable bonds is 8. The third-order valence-electron chi connectivity index (χ3n) is 4.46. The van der Waals surface area contributed by atoms with Crippen LogP contribution in [0.5, 0.6) is 11.5 Å². The lowest BCUT2D eigenvalue weighted by molar-refractivity contribution is 0.0954. The molecule has 0 unspecified atom stereocenters. The van der Waals surface area contributed by atoms with Gasteiger partial charge in [-0.05, 0) is 62.1 Å². The Morgan fingerprint density at radius 2 is 1.61 bits per heavy atom. The van der Waals surface area contributed by atoms with Crippen molar-refractivity contribution in [2.75, 3.05) is 0 Å². The molecule has 3 aromatic rings. The first kappa shape index (κ1) is 20.1. The molecule has 0 fully saturated rings. The second-order valence-corrected chi connectivity index (χ2v) is 8.03. The summed E-state index contributed by atoms with van der Waals surface area (Å²) in [7, 11) is 0. The highest BCUT2D eigenvalue weighted by Gasteiger charge is 2.13. The van der Waals surface area contributed by atoms with Crippen molar-refractivity contribution in [1.82, 2.24) is 10.3 Å². The van der Waals surface area contributed by atoms with Gasteiger partial charge >= 0.3 is 0 Å². The molecule has 0 spiro atoms. The summed E-state index contributed by atoms with van der Waals surface area (Å²) in [6, 6.07) is 16.1. The fourth-order valence-electron chi connectivity index (χ4n) is 2.92. The maximum Gasteiger partial charge on any atom is 0.263 e. The second kappa shape index (κ2) is 9.51. The minimum Gasteiger partial charge on any atom is -0.457 e. The fraction of sp³-hybridized carbons (Fsp3) is 0.304. The molecule has 0 aliphatic heterocycles. The molecule has 1 heterocycles. The Morgan fingerprint density at radius 1 is 1.00 bits per heavy atom. The summed E-state index contributed by atoms with van der Waals surface area (Å²) in [5, 5.41) is 3.86. The summed E-state index contributed by atoms with van der Waals surface area (Å²) in [6.07, 6.45) is 3.52. The fourth-order valence-corrected chi connectivity index (χ4v) is 3.76. The Labute approximate surface area is 170 Å². The number of aryl methyl sites for hydroxylation is 3. The van der Waals surface area contributed by atoms with E-state index in [9.17, 15) is 4.79 Å². The number of benzene rings is 2. The molecule has 0 aliphatic rings. The smallest absolute Gasteiger partial charge is 0.263 e. The van der Waals surface area contributed by atoms with Crippen LogP contribution < -0.4 is 10.1 Å². The molecule has 0 saturated carbocycles. The number of carbonyl (C=O) groups is 1. The number of carbonyl (C=O) groups excluding carboxylic acids is 1. The van der Waals surface area contributed by atoms with E-state index >= 15 is 0 Å². The van der Waals surface area contributed by atoms with Gasteiger partial charge in [-0.1, -0.05) is 37.6 Å². The molecular formula is C23H26N2O2S. The molecular weight excluding hydrogens is 368 g/mol. The minimum absolute atomic E-state index is 0.0772. The lowest BCUT2D eigenvalue weighted by Gasteiger charge is -2.08. The molecule has 0 saturated heterocycles. The third kappa shape index (κ3) is 5.42. The van der Waals surface area contributed by atoms with Crippen molar-refractivity contribution in [2.24, 2.45) is 0 Å². The Morgan fingerprint density at radius 3 is 2.14 bits per heavy atom. The van der Waals surface area contributed by atoms with Gasteiger partial charge in [0, 0.05) is 6.54 Å². The number of hydrogen-bond donors (Lipinski definition) is 1. The van der Waals surface area contributed by atoms with Crippen molar-refractivity contribution < 1.29 is 9.53 Å². The predicted octanol–water partition coefficient (Wildman–Crippen LogP) is 5.82. The maximum atomic E-state index is 12.3. The molecule has 4 nitrogen and oxygen atoms in total. The zero-order chi connectivity index (χ0) is 19.9. The molecule has 0 radical (unpaired) electrons. The largest absolute Gasteiger partial charge is 0.457 e. The van der Waals surface area contributed by atoms with Crippen LogP contribution in [0.2, 0.25) is 0 Å². The van der Waals surface area contributed by atoms with E-state index in [1.54, 1.807) is 0 Å². The van der Waals surface area contributed by atoms with Gasteiger partial charge in [-0.3, -0.25) is 4.79 Å². The summed E-state index contributed by atoms with van der Waals surface area (Å²) in [5.41, 5.74) is 3.14. The van der Waals surface area contributed by atoms with Gasteiger partial charge in [-0.25, -0.2) is 4.98 Å². The number of ether oxygens (including phenoxy) is 1. The first-order chi connectivity index (χ1) is 13.5. The first-order valence-electron chi connectivity index (χ1n) is 9.63. The molecule has 1 amide bonds. The molecule has 5 heteroatoms. The zero-order valence-electron chi connectivity index (χ0n) is 16.6. The van der Waals surface area contributed by atoms with Crippen molar-refractivity contribution in [2.45, 2.75) is 46.6 Å². The van der Waals surface area contributed by atoms with Crippen LogP contribution in [0, 0.1) is 13.8 Å². The lowest BCUT2D eigenvalue weighted by Crippen LogP contribution is -2.22. The van der Waals surface area contributed by atoms with E-state index in [-0.39, 0.29) is 5.91 Å². The van der Waals surface area contributed by atoms with Crippen molar-refractivity contribution in [3.8, 4) is 11.5 Å². The van der Waals surface area contributed by atoms with Gasteiger partial charge in [0.2, 0.25) is 0 Å². The van der Waals surface area contributed by atoms with Crippen molar-refractivity contribution in [3.05, 3.63) is 75.2 Å². The first-order valence-corrected chi connectivity index (χ1v) is 10.4. The Balaban J connectivity index is 1.53. The highest BCUT2D eigenvalue weighted by molar-refractivity contribution is 7.13. The van der Waals surface area contributed by atoms with Crippen LogP contribution in [0.1, 0.15) is 51.3 Å². The third-order valence-corrected chi connectivity index (χ3v) is 5.54. The van der Waals surface area contributed by atoms with E-state index in [0.717, 1.165) is 34.2 Å². The Bertz CT molecular complexity index is 915. The standard InChI is InChI=1S/C23H26N2O2S/c1-4-5-6-18-7-11-20(12-8-18)27-21-13-9-19(10-14-21)15-24-23(26)22-16(2)25-17(3)28-22/h7-14H,4-6,15H2,1-3H3,(H,24,26). The molecule has 0 atom stereocenters. The van der Waals surface area contributed by atoms with Crippen LogP contribution in [0.15, 0.2) is 48.5 Å². The Kier molecular flexibility index (Phi) is 6.82. The molecule has 1 aromatic heterocycles. The zero-order valence-corrected chi connectivity index (χ0v) is 17.4. The molecule has 0 bridgehead atoms. The molecule has 3 rings (SSSR count). The summed E-state index contributed by atoms with van der Waals surface area (Å²) < 4.78 is 5.91. The van der Waals surface area contributed by atoms with Crippen LogP contribution in [-0.4, -0.2) is 10.9 Å². The average Bonchev–Trinajstić information content (AvgIpc) is 3.05. The number of amides is 1. The van der Waals surface area contributed by atoms with E-state index in [2.05, 4.69) is 29.4 Å². The second-order valence-electron chi connectivity index (χ2n) is 6.82. The van der Waals surface area contributed by atoms with Gasteiger partial charge in [0.15, 0.2) is 0 Å². The van der Waals surface area contributed by atoms with Gasteiger partial charge in [-0.2, -0.15) is 0 Å². The summed E-state index contributed by atoms with van der Waals surface area (Å²) >= 11 is 1.42. The van der Waals surface area contributed by atoms with Gasteiger partial charge in [-0.15, -0.1) is 11.3 Å². The van der Waals surface area contributed by atoms with Crippen LogP contribution in [0.25, 0.3) is 0 Å². The van der Waals surface area contributed by atoms with Crippen LogP contribution >= 0.6 is 11.3 Å². The van der Waals surface area contributed by atoms with Crippen molar-refractivity contribution >= 4 is 17.2 Å².